The molecule has 2 atom stereocenters. The van der Waals surface area contributed by atoms with E-state index < -0.39 is 11.4 Å². The second-order valence-electron chi connectivity index (χ2n) is 6.50. The number of nitrogens with zero attached hydrogens (tertiary/aromatic N) is 3. The fourth-order valence-electron chi connectivity index (χ4n) is 3.48. The third-order valence-electron chi connectivity index (χ3n) is 4.86. The van der Waals surface area contributed by atoms with Gasteiger partial charge in [0.15, 0.2) is 5.17 Å². The predicted octanol–water partition coefficient (Wildman–Crippen LogP) is 2.16. The molecule has 0 spiro atoms. The molecule has 3 N–H and O–H groups in total. The molecule has 140 valence electrons. The van der Waals surface area contributed by atoms with Crippen LogP contribution in [0.1, 0.15) is 22.3 Å². The molecule has 0 aliphatic carbocycles. The summed E-state index contributed by atoms with van der Waals surface area (Å²) in [4.78, 5) is 24.6. The maximum absolute atomic E-state index is 14.8. The normalized spacial score (nSPS) is 24.6. The lowest BCUT2D eigenvalue weighted by atomic mass is 9.76. The molecular formula is C18H18FN5O2S. The Morgan fingerprint density at radius 2 is 2.19 bits per heavy atom. The summed E-state index contributed by atoms with van der Waals surface area (Å²) in [6.07, 6.45) is 4.96. The van der Waals surface area contributed by atoms with Crippen LogP contribution in [-0.2, 0) is 10.3 Å². The second-order valence-corrected chi connectivity index (χ2v) is 7.54. The number of hydrogen-bond donors (Lipinski definition) is 2. The molecule has 1 saturated heterocycles. The number of aliphatic imine (C=N–C) groups is 1. The minimum Gasteiger partial charge on any atom is -0.379 e. The number of nitrogens with one attached hydrogen (secondary N) is 1. The molecule has 1 aromatic carbocycles. The van der Waals surface area contributed by atoms with E-state index in [0.29, 0.717) is 28.6 Å². The molecule has 9 heteroatoms. The maximum atomic E-state index is 14.8. The van der Waals surface area contributed by atoms with Crippen molar-refractivity contribution in [3.05, 3.63) is 53.9 Å². The molecule has 0 unspecified atom stereocenters. The molecule has 1 amide bonds. The number of amidine groups is 1. The van der Waals surface area contributed by atoms with Crippen LogP contribution in [0, 0.1) is 11.7 Å². The van der Waals surface area contributed by atoms with Crippen molar-refractivity contribution in [1.29, 1.82) is 0 Å². The molecule has 0 bridgehead atoms. The van der Waals surface area contributed by atoms with Gasteiger partial charge in [0.1, 0.15) is 17.7 Å². The third kappa shape index (κ3) is 3.40. The fourth-order valence-corrected chi connectivity index (χ4v) is 4.52. The van der Waals surface area contributed by atoms with E-state index in [0.717, 1.165) is 12.2 Å². The topological polar surface area (TPSA) is 102 Å². The number of carbonyl (C=O) groups is 1. The summed E-state index contributed by atoms with van der Waals surface area (Å²) in [5, 5.41) is 3.18. The highest BCUT2D eigenvalue weighted by molar-refractivity contribution is 8.13. The highest BCUT2D eigenvalue weighted by Crippen LogP contribution is 2.45. The minimum absolute atomic E-state index is 0.117. The number of fused-ring (bicyclic) bond motifs is 1. The number of halogens is 1. The van der Waals surface area contributed by atoms with Gasteiger partial charge in [0.2, 0.25) is 0 Å². The van der Waals surface area contributed by atoms with E-state index in [9.17, 15) is 9.18 Å². The summed E-state index contributed by atoms with van der Waals surface area (Å²) in [7, 11) is 0. The van der Waals surface area contributed by atoms with Gasteiger partial charge in [-0.15, -0.1) is 0 Å². The molecule has 3 heterocycles. The smallest absolute Gasteiger partial charge is 0.258 e. The number of carbonyl (C=O) groups excluding carboxylic acids is 1. The van der Waals surface area contributed by atoms with Crippen LogP contribution in [0.3, 0.4) is 0 Å². The van der Waals surface area contributed by atoms with E-state index in [1.54, 1.807) is 6.07 Å². The Labute approximate surface area is 159 Å². The zero-order valence-electron chi connectivity index (χ0n) is 14.4. The first-order valence-corrected chi connectivity index (χ1v) is 9.49. The molecule has 0 radical (unpaired) electrons. The second kappa shape index (κ2) is 7.24. The Kier molecular flexibility index (Phi) is 4.79. The van der Waals surface area contributed by atoms with E-state index in [1.807, 2.05) is 0 Å². The number of rotatable bonds is 3. The number of amides is 1. The van der Waals surface area contributed by atoms with Crippen LogP contribution in [0.15, 0.2) is 41.9 Å². The minimum atomic E-state index is -0.867. The van der Waals surface area contributed by atoms with Gasteiger partial charge < -0.3 is 15.8 Å². The molecule has 1 aromatic heterocycles. The molecule has 27 heavy (non-hydrogen) atoms. The lowest BCUT2D eigenvalue weighted by Gasteiger charge is -2.43. The van der Waals surface area contributed by atoms with E-state index in [4.69, 9.17) is 10.5 Å². The molecule has 2 aliphatic heterocycles. The van der Waals surface area contributed by atoms with Gasteiger partial charge in [-0.3, -0.25) is 4.79 Å². The van der Waals surface area contributed by atoms with Crippen molar-refractivity contribution in [1.82, 2.24) is 9.97 Å². The van der Waals surface area contributed by atoms with Gasteiger partial charge in [0, 0.05) is 41.9 Å². The predicted molar refractivity (Wildman–Crippen MR) is 101 cm³/mol. The third-order valence-corrected chi connectivity index (χ3v) is 5.82. The molecule has 2 aliphatic rings. The number of thioether (sulfide) groups is 1. The van der Waals surface area contributed by atoms with Gasteiger partial charge >= 0.3 is 0 Å². The van der Waals surface area contributed by atoms with Crippen LogP contribution in [0.2, 0.25) is 0 Å². The number of ether oxygens (including phenoxy) is 1. The van der Waals surface area contributed by atoms with E-state index >= 15 is 0 Å². The first-order valence-electron chi connectivity index (χ1n) is 8.51. The van der Waals surface area contributed by atoms with Crippen LogP contribution >= 0.6 is 11.8 Å². The van der Waals surface area contributed by atoms with Crippen LogP contribution in [0.25, 0.3) is 0 Å². The fraction of sp³-hybridized carbons (Fsp3) is 0.333. The van der Waals surface area contributed by atoms with Crippen LogP contribution < -0.4 is 11.1 Å². The number of nitrogens with two attached hydrogens (primary N) is 1. The Balaban J connectivity index is 1.70. The van der Waals surface area contributed by atoms with E-state index in [1.165, 1.54) is 42.6 Å². The lowest BCUT2D eigenvalue weighted by Crippen LogP contribution is -2.48. The average Bonchev–Trinajstić information content (AvgIpc) is 2.69. The standard InChI is InChI=1S/C18H18FN5O2S/c19-15-2-1-13(23-16(25)11-6-21-10-22-7-11)5-14(15)18-9-26-4-3-12(18)8-27-17(20)24-18/h1-2,5-7,10,12H,3-4,8-9H2,(H2,20,24)(H,23,25)/t12-,18-/m0/s1. The van der Waals surface area contributed by atoms with Gasteiger partial charge in [-0.2, -0.15) is 0 Å². The Hall–Kier alpha value is -2.52. The van der Waals surface area contributed by atoms with Gasteiger partial charge in [-0.05, 0) is 24.6 Å². The monoisotopic (exact) mass is 387 g/mol. The van der Waals surface area contributed by atoms with Gasteiger partial charge in [-0.25, -0.2) is 19.4 Å². The zero-order valence-corrected chi connectivity index (χ0v) is 15.2. The Morgan fingerprint density at radius 3 is 3.00 bits per heavy atom. The van der Waals surface area contributed by atoms with Crippen molar-refractivity contribution in [3.8, 4) is 0 Å². The highest BCUT2D eigenvalue weighted by atomic mass is 32.2. The lowest BCUT2D eigenvalue weighted by molar-refractivity contribution is 0.00304. The summed E-state index contributed by atoms with van der Waals surface area (Å²) in [6.45, 7) is 0.883. The quantitative estimate of drug-likeness (QED) is 0.837. The number of aromatic nitrogens is 2. The molecular weight excluding hydrogens is 369 g/mol. The molecule has 7 nitrogen and oxygen atoms in total. The first-order chi connectivity index (χ1) is 13.1. The first kappa shape index (κ1) is 17.9. The molecule has 4 rings (SSSR count). The van der Waals surface area contributed by atoms with Crippen molar-refractivity contribution < 1.29 is 13.9 Å². The summed E-state index contributed by atoms with van der Waals surface area (Å²) in [5.41, 5.74) is 6.26. The summed E-state index contributed by atoms with van der Waals surface area (Å²) < 4.78 is 20.5. The van der Waals surface area contributed by atoms with Crippen LogP contribution in [0.5, 0.6) is 0 Å². The van der Waals surface area contributed by atoms with Crippen molar-refractivity contribution >= 4 is 28.5 Å². The number of hydrogen-bond acceptors (Lipinski definition) is 7. The van der Waals surface area contributed by atoms with Crippen molar-refractivity contribution in [2.45, 2.75) is 12.0 Å². The molecule has 2 aromatic rings. The van der Waals surface area contributed by atoms with Gasteiger partial charge in [-0.1, -0.05) is 11.8 Å². The summed E-state index contributed by atoms with van der Waals surface area (Å²) in [5.74, 6) is 0.113. The van der Waals surface area contributed by atoms with Crippen molar-refractivity contribution in [2.24, 2.45) is 16.6 Å². The Bertz CT molecular complexity index is 895. The van der Waals surface area contributed by atoms with Crippen molar-refractivity contribution in [3.63, 3.8) is 0 Å². The largest absolute Gasteiger partial charge is 0.379 e. The SMILES string of the molecule is NC1=N[C@@]2(c3cc(NC(=O)c4cncnc4)ccc3F)COCC[C@H]2CS1. The average molecular weight is 387 g/mol. The summed E-state index contributed by atoms with van der Waals surface area (Å²) in [6, 6.07) is 4.46. The summed E-state index contributed by atoms with van der Waals surface area (Å²) >= 11 is 1.48. The maximum Gasteiger partial charge on any atom is 0.258 e. The van der Waals surface area contributed by atoms with Gasteiger partial charge in [0.25, 0.3) is 5.91 Å². The Morgan fingerprint density at radius 1 is 1.37 bits per heavy atom. The zero-order chi connectivity index (χ0) is 18.9. The van der Waals surface area contributed by atoms with E-state index in [2.05, 4.69) is 20.3 Å². The van der Waals surface area contributed by atoms with Crippen molar-refractivity contribution in [2.75, 3.05) is 24.3 Å². The molecule has 0 saturated carbocycles. The highest BCUT2D eigenvalue weighted by Gasteiger charge is 2.47. The number of benzene rings is 1. The number of anilines is 1. The molecule has 1 fully saturated rings. The van der Waals surface area contributed by atoms with Crippen LogP contribution in [-0.4, -0.2) is 40.0 Å². The van der Waals surface area contributed by atoms with Gasteiger partial charge in [0.05, 0.1) is 12.2 Å². The van der Waals surface area contributed by atoms with Crippen LogP contribution in [0.4, 0.5) is 10.1 Å². The van der Waals surface area contributed by atoms with E-state index in [-0.39, 0.29) is 18.4 Å².